The molecule has 10 heteroatoms. The van der Waals surface area contributed by atoms with Gasteiger partial charge in [-0.3, -0.25) is 9.59 Å². The smallest absolute Gasteiger partial charge is 0.247 e. The van der Waals surface area contributed by atoms with Crippen LogP contribution in [0.15, 0.2) is 59.7 Å². The van der Waals surface area contributed by atoms with Crippen molar-refractivity contribution in [1.29, 1.82) is 0 Å². The molecule has 2 aromatic carbocycles. The van der Waals surface area contributed by atoms with Crippen molar-refractivity contribution in [3.8, 4) is 17.2 Å². The Kier molecular flexibility index (Phi) is 9.69. The molecule has 0 fully saturated rings. The first-order valence-corrected chi connectivity index (χ1v) is 13.6. The lowest BCUT2D eigenvalue weighted by molar-refractivity contribution is -0.132. The van der Waals surface area contributed by atoms with Crippen LogP contribution in [0.25, 0.3) is 0 Å². The Morgan fingerprint density at radius 1 is 1.10 bits per heavy atom. The molecule has 0 spiro atoms. The molecule has 2 amide bonds. The van der Waals surface area contributed by atoms with Crippen molar-refractivity contribution < 1.29 is 39.1 Å². The third-order valence-corrected chi connectivity index (χ3v) is 7.36. The third-order valence-electron chi connectivity index (χ3n) is 7.36. The van der Waals surface area contributed by atoms with E-state index in [-0.39, 0.29) is 32.2 Å². The topological polar surface area (TPSA) is 138 Å². The molecule has 1 aliphatic heterocycles. The Bertz CT molecular complexity index is 1330. The highest BCUT2D eigenvalue weighted by Gasteiger charge is 2.51. The maximum Gasteiger partial charge on any atom is 0.247 e. The molecule has 4 N–H and O–H groups in total. The van der Waals surface area contributed by atoms with Gasteiger partial charge in [0.05, 0.1) is 39.4 Å². The quantitative estimate of drug-likeness (QED) is 0.303. The normalized spacial score (nSPS) is 20.6. The van der Waals surface area contributed by atoms with E-state index in [4.69, 9.17) is 14.2 Å². The van der Waals surface area contributed by atoms with Crippen molar-refractivity contribution in [1.82, 2.24) is 10.2 Å². The molecule has 10 nitrogen and oxygen atoms in total. The molecule has 0 radical (unpaired) electrons. The fourth-order valence-corrected chi connectivity index (χ4v) is 5.51. The lowest BCUT2D eigenvalue weighted by atomic mass is 9.77. The number of nitrogens with zero attached hydrogens (tertiary/aromatic N) is 1. The Morgan fingerprint density at radius 3 is 2.49 bits per heavy atom. The van der Waals surface area contributed by atoms with E-state index >= 15 is 0 Å². The van der Waals surface area contributed by atoms with Crippen LogP contribution < -0.4 is 19.5 Å². The van der Waals surface area contributed by atoms with Crippen molar-refractivity contribution in [2.24, 2.45) is 0 Å². The first-order chi connectivity index (χ1) is 19.7. The molecule has 4 unspecified atom stereocenters. The van der Waals surface area contributed by atoms with E-state index in [0.29, 0.717) is 40.4 Å². The highest BCUT2D eigenvalue weighted by molar-refractivity contribution is 5.96. The second-order valence-corrected chi connectivity index (χ2v) is 10.3. The van der Waals surface area contributed by atoms with E-state index in [9.17, 15) is 24.9 Å². The van der Waals surface area contributed by atoms with Gasteiger partial charge in [0.2, 0.25) is 11.8 Å². The number of rotatable bonds is 11. The average molecular weight is 567 g/mol. The van der Waals surface area contributed by atoms with Crippen LogP contribution in [-0.4, -0.2) is 84.2 Å². The summed E-state index contributed by atoms with van der Waals surface area (Å²) in [5.41, 5.74) is 3.13. The number of methoxy groups -OCH3 is 2. The van der Waals surface area contributed by atoms with Gasteiger partial charge in [-0.15, -0.1) is 0 Å². The summed E-state index contributed by atoms with van der Waals surface area (Å²) in [6.07, 6.45) is 1.45. The highest BCUT2D eigenvalue weighted by atomic mass is 16.5. The van der Waals surface area contributed by atoms with E-state index in [0.717, 1.165) is 11.1 Å². The number of carbonyl (C=O) groups excluding carboxylic acids is 2. The zero-order valence-corrected chi connectivity index (χ0v) is 23.8. The second kappa shape index (κ2) is 13.2. The maximum atomic E-state index is 13.6. The van der Waals surface area contributed by atoms with Gasteiger partial charge in [-0.1, -0.05) is 23.8 Å². The number of benzene rings is 2. The molecule has 0 saturated carbocycles. The predicted molar refractivity (Wildman–Crippen MR) is 152 cm³/mol. The van der Waals surface area contributed by atoms with Crippen LogP contribution in [0.5, 0.6) is 17.2 Å². The van der Waals surface area contributed by atoms with Crippen LogP contribution in [-0.2, 0) is 22.6 Å². The number of nitrogens with one attached hydrogen (secondary N) is 1. The van der Waals surface area contributed by atoms with Gasteiger partial charge in [-0.2, -0.15) is 0 Å². The molecule has 2 aromatic rings. The summed E-state index contributed by atoms with van der Waals surface area (Å²) in [5.74, 6) is -0.0262. The molecule has 0 bridgehead atoms. The van der Waals surface area contributed by atoms with Gasteiger partial charge >= 0.3 is 0 Å². The zero-order valence-electron chi connectivity index (χ0n) is 23.8. The van der Waals surface area contributed by atoms with Gasteiger partial charge < -0.3 is 39.7 Å². The second-order valence-electron chi connectivity index (χ2n) is 10.3. The zero-order chi connectivity index (χ0) is 29.7. The molecule has 1 heterocycles. The van der Waals surface area contributed by atoms with Crippen LogP contribution >= 0.6 is 0 Å². The standard InChI is InChI=1S/C31H38N2O8/c1-18(2)13-26(36)33(11-9-20-7-5-6-8-24(20)39-3)23-16-22(31(38)32-10-12-34)27-21-14-19(17-35)15-25(40-4)29(21)41-30(27)28(23)37/h5-8,13-16,23,27-28,30,34-35,37H,9-12,17H2,1-4H3,(H,32,38). The number of ether oxygens (including phenoxy) is 3. The Labute approximate surface area is 239 Å². The van der Waals surface area contributed by atoms with Gasteiger partial charge in [-0.25, -0.2) is 0 Å². The van der Waals surface area contributed by atoms with E-state index in [2.05, 4.69) is 5.32 Å². The van der Waals surface area contributed by atoms with Crippen molar-refractivity contribution in [2.45, 2.75) is 51.0 Å². The van der Waals surface area contributed by atoms with Gasteiger partial charge in [0, 0.05) is 30.3 Å². The summed E-state index contributed by atoms with van der Waals surface area (Å²) in [7, 11) is 3.06. The van der Waals surface area contributed by atoms with Crippen molar-refractivity contribution in [3.05, 3.63) is 76.4 Å². The Hall–Kier alpha value is -3.86. The highest BCUT2D eigenvalue weighted by Crippen LogP contribution is 2.51. The van der Waals surface area contributed by atoms with Crippen LogP contribution in [0.4, 0.5) is 0 Å². The van der Waals surface area contributed by atoms with E-state index < -0.39 is 30.1 Å². The minimum absolute atomic E-state index is 0.0305. The number of fused-ring (bicyclic) bond motifs is 3. The van der Waals surface area contributed by atoms with Crippen LogP contribution in [0.3, 0.4) is 0 Å². The largest absolute Gasteiger partial charge is 0.496 e. The molecule has 41 heavy (non-hydrogen) atoms. The number of carbonyl (C=O) groups is 2. The molecule has 2 aliphatic rings. The summed E-state index contributed by atoms with van der Waals surface area (Å²) in [5, 5.41) is 33.6. The van der Waals surface area contributed by atoms with Gasteiger partial charge in [-0.05, 0) is 55.7 Å². The number of allylic oxidation sites excluding steroid dienone is 1. The van der Waals surface area contributed by atoms with Crippen molar-refractivity contribution >= 4 is 11.8 Å². The van der Waals surface area contributed by atoms with E-state index in [1.807, 2.05) is 38.1 Å². The van der Waals surface area contributed by atoms with Crippen LogP contribution in [0.2, 0.25) is 0 Å². The third kappa shape index (κ3) is 6.24. The molecule has 0 aromatic heterocycles. The van der Waals surface area contributed by atoms with Gasteiger partial charge in [0.25, 0.3) is 0 Å². The van der Waals surface area contributed by atoms with Gasteiger partial charge in [0.1, 0.15) is 18.0 Å². The Morgan fingerprint density at radius 2 is 1.83 bits per heavy atom. The number of para-hydroxylation sites is 1. The first kappa shape index (κ1) is 30.1. The Balaban J connectivity index is 1.79. The number of hydrogen-bond acceptors (Lipinski definition) is 8. The molecule has 220 valence electrons. The molecule has 4 atom stereocenters. The molecule has 0 saturated heterocycles. The number of aliphatic hydroxyl groups excluding tert-OH is 3. The SMILES string of the molecule is COc1ccccc1CCN(C(=O)C=C(C)C)C1C=C(C(=O)NCCO)C2c3cc(CO)cc(OC)c3OC2C1O. The molecular formula is C31H38N2O8. The molecule has 4 rings (SSSR count). The number of aliphatic hydroxyl groups is 3. The molecule has 1 aliphatic carbocycles. The average Bonchev–Trinajstić information content (AvgIpc) is 3.36. The minimum Gasteiger partial charge on any atom is -0.496 e. The lowest BCUT2D eigenvalue weighted by Crippen LogP contribution is -2.56. The summed E-state index contributed by atoms with van der Waals surface area (Å²) in [6, 6.07) is 10.00. The number of hydrogen-bond donors (Lipinski definition) is 4. The maximum absolute atomic E-state index is 13.6. The minimum atomic E-state index is -1.20. The molecular weight excluding hydrogens is 528 g/mol. The fourth-order valence-electron chi connectivity index (χ4n) is 5.51. The van der Waals surface area contributed by atoms with Gasteiger partial charge in [0.15, 0.2) is 11.5 Å². The fraction of sp³-hybridized carbons (Fsp3) is 0.419. The van der Waals surface area contributed by atoms with E-state index in [1.165, 1.54) is 13.2 Å². The monoisotopic (exact) mass is 566 g/mol. The van der Waals surface area contributed by atoms with Crippen LogP contribution in [0.1, 0.15) is 36.5 Å². The summed E-state index contributed by atoms with van der Waals surface area (Å²) in [6.45, 7) is 3.39. The number of amides is 2. The first-order valence-electron chi connectivity index (χ1n) is 13.6. The summed E-state index contributed by atoms with van der Waals surface area (Å²) >= 11 is 0. The summed E-state index contributed by atoms with van der Waals surface area (Å²) in [4.78, 5) is 28.6. The lowest BCUT2D eigenvalue weighted by Gasteiger charge is -2.40. The predicted octanol–water partition coefficient (Wildman–Crippen LogP) is 1.86. The van der Waals surface area contributed by atoms with Crippen molar-refractivity contribution in [3.63, 3.8) is 0 Å². The van der Waals surface area contributed by atoms with E-state index in [1.54, 1.807) is 30.2 Å². The van der Waals surface area contributed by atoms with Crippen molar-refractivity contribution in [2.75, 3.05) is 33.9 Å². The summed E-state index contributed by atoms with van der Waals surface area (Å²) < 4.78 is 17.3. The van der Waals surface area contributed by atoms with Crippen LogP contribution in [0, 0.1) is 0 Å².